The fourth-order valence-electron chi connectivity index (χ4n) is 2.31. The lowest BCUT2D eigenvalue weighted by molar-refractivity contribution is 0.0935. The van der Waals surface area contributed by atoms with E-state index in [2.05, 4.69) is 29.5 Å². The molecular weight excluding hydrogens is 238 g/mol. The molecule has 4 heteroatoms. The van der Waals surface area contributed by atoms with Crippen molar-refractivity contribution in [3.8, 4) is 0 Å². The lowest BCUT2D eigenvalue weighted by atomic mass is 9.92. The lowest BCUT2D eigenvalue weighted by Crippen LogP contribution is -2.33. The molecule has 1 aliphatic carbocycles. The largest absolute Gasteiger partial charge is 0.370 e. The van der Waals surface area contributed by atoms with Crippen molar-refractivity contribution in [2.75, 3.05) is 18.4 Å². The van der Waals surface area contributed by atoms with E-state index in [9.17, 15) is 4.79 Å². The Labute approximate surface area is 115 Å². The summed E-state index contributed by atoms with van der Waals surface area (Å²) in [6.07, 6.45) is 2.44. The van der Waals surface area contributed by atoms with Crippen molar-refractivity contribution in [3.05, 3.63) is 23.9 Å². The smallest absolute Gasteiger partial charge is 0.269 e. The Morgan fingerprint density at radius 3 is 2.74 bits per heavy atom. The van der Waals surface area contributed by atoms with Crippen LogP contribution in [0.15, 0.2) is 18.2 Å². The maximum absolute atomic E-state index is 12.1. The zero-order chi connectivity index (χ0) is 13.9. The molecule has 0 bridgehead atoms. The summed E-state index contributed by atoms with van der Waals surface area (Å²) in [6, 6.07) is 5.48. The second-order valence-corrected chi connectivity index (χ2v) is 5.64. The molecule has 0 saturated heterocycles. The molecule has 0 atom stereocenters. The summed E-state index contributed by atoms with van der Waals surface area (Å²) in [4.78, 5) is 16.4. The normalized spacial score (nSPS) is 16.2. The van der Waals surface area contributed by atoms with Gasteiger partial charge in [-0.2, -0.15) is 0 Å². The Balaban J connectivity index is 1.94. The molecule has 104 valence electrons. The molecule has 2 rings (SSSR count). The first-order valence-electron chi connectivity index (χ1n) is 7.06. The van der Waals surface area contributed by atoms with Gasteiger partial charge in [0.1, 0.15) is 11.5 Å². The highest BCUT2D eigenvalue weighted by molar-refractivity contribution is 5.92. The summed E-state index contributed by atoms with van der Waals surface area (Å²) in [6.45, 7) is 8.02. The maximum atomic E-state index is 12.1. The number of rotatable bonds is 6. The molecule has 0 spiro atoms. The quantitative estimate of drug-likeness (QED) is 0.827. The molecule has 19 heavy (non-hydrogen) atoms. The summed E-state index contributed by atoms with van der Waals surface area (Å²) in [5.41, 5.74) is 0.813. The zero-order valence-corrected chi connectivity index (χ0v) is 12.0. The molecule has 1 aliphatic rings. The standard InChI is InChI=1S/C15H23N3O/c1-4-16-13-7-5-6-12(18-13)14(19)17-10-15(8-9-15)11(2)3/h5-7,11H,4,8-10H2,1-3H3,(H,16,18)(H,17,19). The maximum Gasteiger partial charge on any atom is 0.269 e. The van der Waals surface area contributed by atoms with Crippen LogP contribution in [-0.2, 0) is 0 Å². The summed E-state index contributed by atoms with van der Waals surface area (Å²) in [7, 11) is 0. The molecule has 1 heterocycles. The molecule has 1 aromatic rings. The minimum atomic E-state index is -0.0771. The van der Waals surface area contributed by atoms with Gasteiger partial charge in [0, 0.05) is 13.1 Å². The number of carbonyl (C=O) groups excluding carboxylic acids is 1. The van der Waals surface area contributed by atoms with Gasteiger partial charge in [0.15, 0.2) is 0 Å². The fourth-order valence-corrected chi connectivity index (χ4v) is 2.31. The SMILES string of the molecule is CCNc1cccc(C(=O)NCC2(C(C)C)CC2)n1. The van der Waals surface area contributed by atoms with Crippen molar-refractivity contribution in [2.45, 2.75) is 33.6 Å². The Hall–Kier alpha value is -1.58. The van der Waals surface area contributed by atoms with E-state index in [1.54, 1.807) is 6.07 Å². The van der Waals surface area contributed by atoms with Crippen molar-refractivity contribution < 1.29 is 4.79 Å². The monoisotopic (exact) mass is 261 g/mol. The Kier molecular flexibility index (Phi) is 4.08. The van der Waals surface area contributed by atoms with Crippen LogP contribution in [0.4, 0.5) is 5.82 Å². The van der Waals surface area contributed by atoms with E-state index in [1.165, 1.54) is 12.8 Å². The second-order valence-electron chi connectivity index (χ2n) is 5.64. The lowest BCUT2D eigenvalue weighted by Gasteiger charge is -2.19. The summed E-state index contributed by atoms with van der Waals surface area (Å²) >= 11 is 0. The number of nitrogens with one attached hydrogen (secondary N) is 2. The average molecular weight is 261 g/mol. The highest BCUT2D eigenvalue weighted by Gasteiger charge is 2.45. The number of amides is 1. The van der Waals surface area contributed by atoms with Crippen LogP contribution in [0.25, 0.3) is 0 Å². The number of hydrogen-bond donors (Lipinski definition) is 2. The molecule has 0 aliphatic heterocycles. The van der Waals surface area contributed by atoms with Crippen LogP contribution in [0.5, 0.6) is 0 Å². The molecule has 0 radical (unpaired) electrons. The van der Waals surface area contributed by atoms with Gasteiger partial charge >= 0.3 is 0 Å². The molecule has 0 unspecified atom stereocenters. The number of anilines is 1. The van der Waals surface area contributed by atoms with Crippen molar-refractivity contribution in [1.29, 1.82) is 0 Å². The van der Waals surface area contributed by atoms with Crippen molar-refractivity contribution >= 4 is 11.7 Å². The van der Waals surface area contributed by atoms with Crippen LogP contribution in [0.2, 0.25) is 0 Å². The van der Waals surface area contributed by atoms with E-state index >= 15 is 0 Å². The molecule has 1 amide bonds. The van der Waals surface area contributed by atoms with Gasteiger partial charge in [-0.15, -0.1) is 0 Å². The predicted molar refractivity (Wildman–Crippen MR) is 77.2 cm³/mol. The number of hydrogen-bond acceptors (Lipinski definition) is 3. The molecule has 4 nitrogen and oxygen atoms in total. The van der Waals surface area contributed by atoms with Crippen LogP contribution in [0.1, 0.15) is 44.1 Å². The van der Waals surface area contributed by atoms with E-state index in [1.807, 2.05) is 19.1 Å². The summed E-state index contributed by atoms with van der Waals surface area (Å²) < 4.78 is 0. The van der Waals surface area contributed by atoms with Gasteiger partial charge < -0.3 is 10.6 Å². The van der Waals surface area contributed by atoms with Gasteiger partial charge in [-0.3, -0.25) is 4.79 Å². The van der Waals surface area contributed by atoms with E-state index in [4.69, 9.17) is 0 Å². The Morgan fingerprint density at radius 2 is 2.16 bits per heavy atom. The third-order valence-electron chi connectivity index (χ3n) is 4.06. The molecular formula is C15H23N3O. The highest BCUT2D eigenvalue weighted by atomic mass is 16.1. The first kappa shape index (κ1) is 13.8. The van der Waals surface area contributed by atoms with Crippen LogP contribution in [0.3, 0.4) is 0 Å². The highest BCUT2D eigenvalue weighted by Crippen LogP contribution is 2.51. The number of pyridine rings is 1. The first-order chi connectivity index (χ1) is 9.07. The minimum Gasteiger partial charge on any atom is -0.370 e. The van der Waals surface area contributed by atoms with Crippen molar-refractivity contribution in [2.24, 2.45) is 11.3 Å². The topological polar surface area (TPSA) is 54.0 Å². The molecule has 1 aromatic heterocycles. The third-order valence-corrected chi connectivity index (χ3v) is 4.06. The van der Waals surface area contributed by atoms with E-state index in [0.29, 0.717) is 17.0 Å². The van der Waals surface area contributed by atoms with E-state index < -0.39 is 0 Å². The predicted octanol–water partition coefficient (Wildman–Crippen LogP) is 2.68. The van der Waals surface area contributed by atoms with Gasteiger partial charge in [0.05, 0.1) is 0 Å². The van der Waals surface area contributed by atoms with Gasteiger partial charge in [-0.1, -0.05) is 19.9 Å². The van der Waals surface area contributed by atoms with Gasteiger partial charge in [0.2, 0.25) is 0 Å². The van der Waals surface area contributed by atoms with Crippen LogP contribution in [-0.4, -0.2) is 24.0 Å². The second kappa shape index (κ2) is 5.59. The fraction of sp³-hybridized carbons (Fsp3) is 0.600. The van der Waals surface area contributed by atoms with Gasteiger partial charge in [0.25, 0.3) is 5.91 Å². The summed E-state index contributed by atoms with van der Waals surface area (Å²) in [5.74, 6) is 1.29. The minimum absolute atomic E-state index is 0.0771. The van der Waals surface area contributed by atoms with Crippen LogP contribution >= 0.6 is 0 Å². The first-order valence-corrected chi connectivity index (χ1v) is 7.06. The van der Waals surface area contributed by atoms with Crippen LogP contribution in [0, 0.1) is 11.3 Å². The number of nitrogens with zero attached hydrogens (tertiary/aromatic N) is 1. The number of aromatic nitrogens is 1. The molecule has 2 N–H and O–H groups in total. The summed E-state index contributed by atoms with van der Waals surface area (Å²) in [5, 5.41) is 6.14. The zero-order valence-electron chi connectivity index (χ0n) is 12.0. The van der Waals surface area contributed by atoms with E-state index in [0.717, 1.165) is 18.9 Å². The Morgan fingerprint density at radius 1 is 1.42 bits per heavy atom. The van der Waals surface area contributed by atoms with Gasteiger partial charge in [-0.25, -0.2) is 4.98 Å². The molecule has 1 saturated carbocycles. The van der Waals surface area contributed by atoms with Gasteiger partial charge in [-0.05, 0) is 43.2 Å². The number of carbonyl (C=O) groups is 1. The van der Waals surface area contributed by atoms with Crippen LogP contribution < -0.4 is 10.6 Å². The molecule has 1 fully saturated rings. The third kappa shape index (κ3) is 3.25. The average Bonchev–Trinajstić information content (AvgIpc) is 3.18. The Bertz CT molecular complexity index is 452. The van der Waals surface area contributed by atoms with E-state index in [-0.39, 0.29) is 5.91 Å². The van der Waals surface area contributed by atoms with Crippen molar-refractivity contribution in [1.82, 2.24) is 10.3 Å². The molecule has 0 aromatic carbocycles. The van der Waals surface area contributed by atoms with Crippen molar-refractivity contribution in [3.63, 3.8) is 0 Å².